The molecule has 3 aromatic rings. The van der Waals surface area contributed by atoms with Crippen molar-refractivity contribution in [3.05, 3.63) is 53.0 Å². The van der Waals surface area contributed by atoms with E-state index in [4.69, 9.17) is 9.15 Å². The Labute approximate surface area is 144 Å². The fraction of sp³-hybridized carbons (Fsp3) is 0.235. The van der Waals surface area contributed by atoms with Crippen molar-refractivity contribution in [3.63, 3.8) is 0 Å². The van der Waals surface area contributed by atoms with E-state index in [9.17, 15) is 13.2 Å². The Morgan fingerprint density at radius 1 is 1.16 bits per heavy atom. The summed E-state index contributed by atoms with van der Waals surface area (Å²) in [6.07, 6.45) is 0. The molecule has 0 amide bonds. The van der Waals surface area contributed by atoms with Gasteiger partial charge in [-0.25, -0.2) is 13.2 Å². The van der Waals surface area contributed by atoms with Gasteiger partial charge in [0.15, 0.2) is 5.58 Å². The maximum atomic E-state index is 12.7. The molecular formula is C17H18N2O5S. The molecule has 3 rings (SSSR count). The van der Waals surface area contributed by atoms with Crippen LogP contribution in [0.3, 0.4) is 0 Å². The van der Waals surface area contributed by atoms with Gasteiger partial charge in [-0.2, -0.15) is 0 Å². The van der Waals surface area contributed by atoms with E-state index in [1.165, 1.54) is 16.7 Å². The zero-order valence-corrected chi connectivity index (χ0v) is 14.7. The molecule has 0 saturated heterocycles. The summed E-state index contributed by atoms with van der Waals surface area (Å²) in [4.78, 5) is 11.8. The molecule has 1 N–H and O–H groups in total. The average molecular weight is 362 g/mol. The Hall–Kier alpha value is -2.74. The first-order valence-corrected chi connectivity index (χ1v) is 9.32. The van der Waals surface area contributed by atoms with Crippen LogP contribution in [-0.2, 0) is 16.6 Å². The molecule has 0 radical (unpaired) electrons. The lowest BCUT2D eigenvalue weighted by Gasteiger charge is -2.12. The Kier molecular flexibility index (Phi) is 4.54. The van der Waals surface area contributed by atoms with Crippen molar-refractivity contribution in [2.24, 2.45) is 0 Å². The molecule has 0 atom stereocenters. The van der Waals surface area contributed by atoms with Gasteiger partial charge < -0.3 is 9.15 Å². The van der Waals surface area contributed by atoms with Crippen LogP contribution < -0.4 is 15.2 Å². The van der Waals surface area contributed by atoms with Crippen molar-refractivity contribution in [1.29, 1.82) is 0 Å². The Morgan fingerprint density at radius 2 is 1.92 bits per heavy atom. The molecule has 0 aliphatic heterocycles. The first kappa shape index (κ1) is 17.1. The van der Waals surface area contributed by atoms with E-state index in [2.05, 4.69) is 4.72 Å². The Balaban J connectivity index is 2.00. The fourth-order valence-corrected chi connectivity index (χ4v) is 3.63. The largest absolute Gasteiger partial charge is 0.492 e. The van der Waals surface area contributed by atoms with Gasteiger partial charge in [-0.3, -0.25) is 9.29 Å². The number of benzene rings is 2. The van der Waals surface area contributed by atoms with Crippen LogP contribution in [0.4, 0.5) is 5.69 Å². The molecule has 0 bridgehead atoms. The number of hydrogen-bond acceptors (Lipinski definition) is 5. The summed E-state index contributed by atoms with van der Waals surface area (Å²) in [5.41, 5.74) is 1.13. The molecule has 2 aromatic carbocycles. The minimum Gasteiger partial charge on any atom is -0.492 e. The normalized spacial score (nSPS) is 11.6. The lowest BCUT2D eigenvalue weighted by atomic mass is 10.3. The predicted molar refractivity (Wildman–Crippen MR) is 94.6 cm³/mol. The van der Waals surface area contributed by atoms with E-state index < -0.39 is 15.8 Å². The van der Waals surface area contributed by atoms with Gasteiger partial charge in [-0.1, -0.05) is 12.1 Å². The van der Waals surface area contributed by atoms with Crippen LogP contribution in [0.25, 0.3) is 11.1 Å². The third-order valence-electron chi connectivity index (χ3n) is 3.70. The first-order chi connectivity index (χ1) is 12.0. The number of nitrogens with one attached hydrogen (secondary N) is 1. The van der Waals surface area contributed by atoms with Gasteiger partial charge in [0, 0.05) is 12.6 Å². The summed E-state index contributed by atoms with van der Waals surface area (Å²) in [7, 11) is -3.86. The second-order valence-electron chi connectivity index (χ2n) is 5.28. The average Bonchev–Trinajstić information content (AvgIpc) is 2.90. The molecule has 0 fully saturated rings. The summed E-state index contributed by atoms with van der Waals surface area (Å²) in [6, 6.07) is 11.1. The number of para-hydroxylation sites is 2. The number of fused-ring (bicyclic) bond motifs is 1. The third kappa shape index (κ3) is 3.25. The van der Waals surface area contributed by atoms with Gasteiger partial charge >= 0.3 is 5.76 Å². The summed E-state index contributed by atoms with van der Waals surface area (Å²) >= 11 is 0. The van der Waals surface area contributed by atoms with Crippen LogP contribution in [-0.4, -0.2) is 19.6 Å². The highest BCUT2D eigenvalue weighted by molar-refractivity contribution is 7.92. The third-order valence-corrected chi connectivity index (χ3v) is 5.06. The highest BCUT2D eigenvalue weighted by Gasteiger charge is 2.19. The molecule has 132 valence electrons. The first-order valence-electron chi connectivity index (χ1n) is 7.84. The number of anilines is 1. The van der Waals surface area contributed by atoms with Gasteiger partial charge in [-0.05, 0) is 38.1 Å². The summed E-state index contributed by atoms with van der Waals surface area (Å²) < 4.78 is 39.8. The molecule has 25 heavy (non-hydrogen) atoms. The Bertz CT molecular complexity index is 1070. The summed E-state index contributed by atoms with van der Waals surface area (Å²) in [6.45, 7) is 4.49. The van der Waals surface area contributed by atoms with Gasteiger partial charge in [0.25, 0.3) is 10.0 Å². The number of oxazole rings is 1. The minimum absolute atomic E-state index is 0.00306. The molecule has 1 aromatic heterocycles. The monoisotopic (exact) mass is 362 g/mol. The highest BCUT2D eigenvalue weighted by atomic mass is 32.2. The van der Waals surface area contributed by atoms with E-state index >= 15 is 0 Å². The van der Waals surface area contributed by atoms with E-state index in [0.717, 1.165) is 0 Å². The highest BCUT2D eigenvalue weighted by Crippen LogP contribution is 2.27. The van der Waals surface area contributed by atoms with Crippen molar-refractivity contribution in [3.8, 4) is 5.75 Å². The fourth-order valence-electron chi connectivity index (χ4n) is 2.55. The number of nitrogens with zero attached hydrogens (tertiary/aromatic N) is 1. The number of aromatic nitrogens is 1. The van der Waals surface area contributed by atoms with Crippen LogP contribution in [0.2, 0.25) is 0 Å². The van der Waals surface area contributed by atoms with E-state index in [1.54, 1.807) is 30.3 Å². The molecule has 0 aliphatic carbocycles. The van der Waals surface area contributed by atoms with E-state index in [-0.39, 0.29) is 10.5 Å². The minimum atomic E-state index is -3.86. The van der Waals surface area contributed by atoms with Crippen molar-refractivity contribution in [2.45, 2.75) is 25.3 Å². The lowest BCUT2D eigenvalue weighted by molar-refractivity contribution is 0.342. The molecule has 7 nitrogen and oxygen atoms in total. The number of hydrogen-bond donors (Lipinski definition) is 1. The lowest BCUT2D eigenvalue weighted by Crippen LogP contribution is -2.14. The molecule has 0 saturated carbocycles. The topological polar surface area (TPSA) is 90.5 Å². The van der Waals surface area contributed by atoms with Crippen LogP contribution in [0, 0.1) is 0 Å². The van der Waals surface area contributed by atoms with Crippen LogP contribution in [0.1, 0.15) is 13.8 Å². The number of aryl methyl sites for hydroxylation is 1. The predicted octanol–water partition coefficient (Wildman–Crippen LogP) is 2.81. The zero-order chi connectivity index (χ0) is 18.0. The molecule has 0 aliphatic rings. The SMILES string of the molecule is CCOc1ccccc1NS(=O)(=O)c1ccc2c(c1)oc(=O)n2CC. The zero-order valence-electron chi connectivity index (χ0n) is 13.9. The van der Waals surface area contributed by atoms with Crippen molar-refractivity contribution in [1.82, 2.24) is 4.57 Å². The van der Waals surface area contributed by atoms with Crippen LogP contribution in [0.5, 0.6) is 5.75 Å². The maximum Gasteiger partial charge on any atom is 0.419 e. The molecular weight excluding hydrogens is 344 g/mol. The second-order valence-corrected chi connectivity index (χ2v) is 6.96. The number of rotatable bonds is 6. The Morgan fingerprint density at radius 3 is 2.64 bits per heavy atom. The smallest absolute Gasteiger partial charge is 0.419 e. The van der Waals surface area contributed by atoms with Crippen LogP contribution in [0.15, 0.2) is 56.6 Å². The molecule has 0 unspecified atom stereocenters. The maximum absolute atomic E-state index is 12.7. The van der Waals surface area contributed by atoms with Gasteiger partial charge in [0.05, 0.1) is 22.7 Å². The summed E-state index contributed by atoms with van der Waals surface area (Å²) in [5, 5.41) is 0. The van der Waals surface area contributed by atoms with Gasteiger partial charge in [0.2, 0.25) is 0 Å². The quantitative estimate of drug-likeness (QED) is 0.728. The van der Waals surface area contributed by atoms with Crippen molar-refractivity contribution in [2.75, 3.05) is 11.3 Å². The molecule has 0 spiro atoms. The van der Waals surface area contributed by atoms with E-state index in [1.807, 2.05) is 13.8 Å². The van der Waals surface area contributed by atoms with Crippen molar-refractivity contribution < 1.29 is 17.6 Å². The number of ether oxygens (including phenoxy) is 1. The standard InChI is InChI=1S/C17H18N2O5S/c1-3-19-14-10-9-12(11-16(14)24-17(19)20)25(21,22)18-13-7-5-6-8-15(13)23-4-2/h5-11,18H,3-4H2,1-2H3. The summed E-state index contributed by atoms with van der Waals surface area (Å²) in [5.74, 6) is -0.0694. The van der Waals surface area contributed by atoms with E-state index in [0.29, 0.717) is 30.1 Å². The number of sulfonamides is 1. The van der Waals surface area contributed by atoms with Gasteiger partial charge in [0.1, 0.15) is 5.75 Å². The van der Waals surface area contributed by atoms with Crippen molar-refractivity contribution >= 4 is 26.8 Å². The molecule has 1 heterocycles. The van der Waals surface area contributed by atoms with Gasteiger partial charge in [-0.15, -0.1) is 0 Å². The second kappa shape index (κ2) is 6.64. The molecule has 8 heteroatoms. The van der Waals surface area contributed by atoms with Crippen LogP contribution >= 0.6 is 0 Å².